The molecule has 1 amide bonds. The van der Waals surface area contributed by atoms with Crippen LogP contribution < -0.4 is 4.74 Å². The largest absolute Gasteiger partial charge is 0.486 e. The van der Waals surface area contributed by atoms with E-state index in [0.717, 1.165) is 5.69 Å². The van der Waals surface area contributed by atoms with E-state index in [2.05, 4.69) is 4.98 Å². The molecule has 0 radical (unpaired) electrons. The minimum atomic E-state index is -1.05. The molecule has 7 nitrogen and oxygen atoms in total. The number of hydrogen-bond donors (Lipinski definition) is 2. The number of benzene rings is 1. The Morgan fingerprint density at radius 1 is 1.20 bits per heavy atom. The van der Waals surface area contributed by atoms with Crippen LogP contribution in [-0.2, 0) is 0 Å². The van der Waals surface area contributed by atoms with Gasteiger partial charge in [0.2, 0.25) is 0 Å². The number of β-amino-alcohol motifs (C(OH)–C–C–N with tert-alkyl or cyclic N) is 1. The second-order valence-corrected chi connectivity index (χ2v) is 5.96. The molecule has 1 aromatic heterocycles. The first-order chi connectivity index (χ1) is 11.9. The third kappa shape index (κ3) is 3.77. The molecule has 1 aliphatic rings. The van der Waals surface area contributed by atoms with Crippen LogP contribution in [0.1, 0.15) is 26.4 Å². The van der Waals surface area contributed by atoms with E-state index >= 15 is 0 Å². The topological polar surface area (TPSA) is 100.0 Å². The molecule has 0 bridgehead atoms. The maximum absolute atomic E-state index is 12.5. The fourth-order valence-corrected chi connectivity index (χ4v) is 2.69. The van der Waals surface area contributed by atoms with E-state index in [9.17, 15) is 14.7 Å². The van der Waals surface area contributed by atoms with E-state index in [-0.39, 0.29) is 24.6 Å². The molecule has 1 saturated heterocycles. The summed E-state index contributed by atoms with van der Waals surface area (Å²) < 4.78 is 5.69. The summed E-state index contributed by atoms with van der Waals surface area (Å²) in [5.74, 6) is -0.937. The van der Waals surface area contributed by atoms with Gasteiger partial charge in [0.25, 0.3) is 5.91 Å². The fourth-order valence-electron chi connectivity index (χ4n) is 2.69. The normalized spacial score (nSPS) is 19.7. The Hall–Kier alpha value is -2.93. The predicted molar refractivity (Wildman–Crippen MR) is 88.7 cm³/mol. The van der Waals surface area contributed by atoms with Crippen molar-refractivity contribution in [2.75, 3.05) is 13.1 Å². The van der Waals surface area contributed by atoms with Crippen LogP contribution in [0.25, 0.3) is 0 Å². The molecule has 1 fully saturated rings. The highest BCUT2D eigenvalue weighted by Crippen LogP contribution is 2.21. The Kier molecular flexibility index (Phi) is 4.67. The van der Waals surface area contributed by atoms with Gasteiger partial charge in [-0.3, -0.25) is 9.78 Å². The molecular weight excluding hydrogens is 324 g/mol. The lowest BCUT2D eigenvalue weighted by Gasteiger charge is -2.17. The van der Waals surface area contributed by atoms with E-state index in [1.165, 1.54) is 23.2 Å². The van der Waals surface area contributed by atoms with E-state index < -0.39 is 18.2 Å². The van der Waals surface area contributed by atoms with Crippen molar-refractivity contribution in [2.45, 2.75) is 19.1 Å². The number of aliphatic hydroxyl groups excluding tert-OH is 1. The summed E-state index contributed by atoms with van der Waals surface area (Å²) in [6.07, 6.45) is 0.0384. The summed E-state index contributed by atoms with van der Waals surface area (Å²) in [7, 11) is 0. The van der Waals surface area contributed by atoms with Gasteiger partial charge in [-0.2, -0.15) is 0 Å². The third-order valence-corrected chi connectivity index (χ3v) is 4.05. The first-order valence-corrected chi connectivity index (χ1v) is 7.84. The summed E-state index contributed by atoms with van der Waals surface area (Å²) in [6, 6.07) is 9.49. The summed E-state index contributed by atoms with van der Waals surface area (Å²) in [4.78, 5) is 29.1. The molecule has 3 rings (SSSR count). The monoisotopic (exact) mass is 342 g/mol. The highest BCUT2D eigenvalue weighted by molar-refractivity contribution is 5.94. The number of nitrogens with zero attached hydrogens (tertiary/aromatic N) is 2. The highest BCUT2D eigenvalue weighted by atomic mass is 16.5. The lowest BCUT2D eigenvalue weighted by atomic mass is 10.2. The zero-order valence-electron chi connectivity index (χ0n) is 13.6. The number of rotatable bonds is 4. The molecule has 0 unspecified atom stereocenters. The van der Waals surface area contributed by atoms with Gasteiger partial charge in [0.05, 0.1) is 24.2 Å². The van der Waals surface area contributed by atoms with Crippen molar-refractivity contribution in [3.8, 4) is 5.75 Å². The Morgan fingerprint density at radius 3 is 2.68 bits per heavy atom. The second-order valence-electron chi connectivity index (χ2n) is 5.96. The second kappa shape index (κ2) is 6.90. The van der Waals surface area contributed by atoms with Crippen molar-refractivity contribution >= 4 is 11.9 Å². The minimum absolute atomic E-state index is 0.101. The first-order valence-electron chi connectivity index (χ1n) is 7.84. The number of aromatic carboxylic acids is 1. The molecule has 2 atom stereocenters. The number of carboxylic acid groups (broad SMARTS) is 1. The average molecular weight is 342 g/mol. The van der Waals surface area contributed by atoms with Crippen LogP contribution >= 0.6 is 0 Å². The predicted octanol–water partition coefficient (Wildman–Crippen LogP) is 1.35. The third-order valence-electron chi connectivity index (χ3n) is 4.05. The number of aryl methyl sites for hydroxylation is 1. The number of carboxylic acids is 1. The highest BCUT2D eigenvalue weighted by Gasteiger charge is 2.36. The van der Waals surface area contributed by atoms with E-state index in [1.54, 1.807) is 24.3 Å². The lowest BCUT2D eigenvalue weighted by molar-refractivity contribution is 0.0686. The average Bonchev–Trinajstić information content (AvgIpc) is 2.96. The maximum atomic E-state index is 12.5. The van der Waals surface area contributed by atoms with Crippen molar-refractivity contribution in [2.24, 2.45) is 0 Å². The van der Waals surface area contributed by atoms with Gasteiger partial charge in [-0.25, -0.2) is 4.79 Å². The van der Waals surface area contributed by atoms with Gasteiger partial charge in [0, 0.05) is 11.9 Å². The van der Waals surface area contributed by atoms with E-state index in [0.29, 0.717) is 11.3 Å². The smallest absolute Gasteiger partial charge is 0.335 e. The molecule has 0 aliphatic carbocycles. The molecule has 2 aromatic rings. The number of ether oxygens (including phenoxy) is 1. The van der Waals surface area contributed by atoms with Crippen LogP contribution in [0.15, 0.2) is 42.6 Å². The Bertz CT molecular complexity index is 790. The van der Waals surface area contributed by atoms with Crippen molar-refractivity contribution in [1.29, 1.82) is 0 Å². The number of amides is 1. The van der Waals surface area contributed by atoms with Crippen LogP contribution in [0, 0.1) is 6.92 Å². The van der Waals surface area contributed by atoms with Crippen molar-refractivity contribution < 1.29 is 24.5 Å². The van der Waals surface area contributed by atoms with Crippen LogP contribution in [0.3, 0.4) is 0 Å². The Morgan fingerprint density at radius 2 is 2.00 bits per heavy atom. The van der Waals surface area contributed by atoms with E-state index in [4.69, 9.17) is 9.84 Å². The van der Waals surface area contributed by atoms with Crippen LogP contribution in [0.5, 0.6) is 5.75 Å². The quantitative estimate of drug-likeness (QED) is 0.870. The molecule has 7 heteroatoms. The van der Waals surface area contributed by atoms with Crippen molar-refractivity contribution in [3.63, 3.8) is 0 Å². The van der Waals surface area contributed by atoms with Gasteiger partial charge in [-0.05, 0) is 37.3 Å². The molecule has 2 N–H and O–H groups in total. The fraction of sp³-hybridized carbons (Fsp3) is 0.278. The number of carbonyl (C=O) groups excluding carboxylic acids is 1. The van der Waals surface area contributed by atoms with Gasteiger partial charge >= 0.3 is 5.97 Å². The van der Waals surface area contributed by atoms with Gasteiger partial charge in [-0.1, -0.05) is 6.07 Å². The maximum Gasteiger partial charge on any atom is 0.335 e. The number of likely N-dealkylation sites (tertiary alicyclic amines) is 1. The molecule has 0 spiro atoms. The summed E-state index contributed by atoms with van der Waals surface area (Å²) in [5, 5.41) is 19.2. The molecule has 2 heterocycles. The molecule has 25 heavy (non-hydrogen) atoms. The van der Waals surface area contributed by atoms with Crippen LogP contribution in [0.2, 0.25) is 0 Å². The zero-order chi connectivity index (χ0) is 18.0. The molecule has 1 aliphatic heterocycles. The van der Waals surface area contributed by atoms with Gasteiger partial charge in [0.1, 0.15) is 18.0 Å². The Labute approximate surface area is 144 Å². The minimum Gasteiger partial charge on any atom is -0.486 e. The van der Waals surface area contributed by atoms with Crippen LogP contribution in [0.4, 0.5) is 0 Å². The molecule has 0 saturated carbocycles. The molecule has 1 aromatic carbocycles. The van der Waals surface area contributed by atoms with Crippen molar-refractivity contribution in [3.05, 3.63) is 59.4 Å². The lowest BCUT2D eigenvalue weighted by Crippen LogP contribution is -2.31. The molecule has 130 valence electrons. The number of hydrogen-bond acceptors (Lipinski definition) is 5. The number of carbonyl (C=O) groups is 2. The summed E-state index contributed by atoms with van der Waals surface area (Å²) in [5.41, 5.74) is 1.37. The first kappa shape index (κ1) is 16.9. The number of aliphatic hydroxyl groups is 1. The number of aromatic nitrogens is 1. The van der Waals surface area contributed by atoms with E-state index in [1.807, 2.05) is 6.92 Å². The SMILES string of the molecule is Cc1ccc(C(=O)N2C[C@@H](O)[C@H](Oc3cccc(C(=O)O)c3)C2)cn1. The zero-order valence-corrected chi connectivity index (χ0v) is 13.6. The van der Waals surface area contributed by atoms with Gasteiger partial charge < -0.3 is 19.8 Å². The summed E-state index contributed by atoms with van der Waals surface area (Å²) in [6.45, 7) is 2.20. The Balaban J connectivity index is 1.69. The van der Waals surface area contributed by atoms with Gasteiger partial charge in [-0.15, -0.1) is 0 Å². The molecular formula is C18H18N2O5. The summed E-state index contributed by atoms with van der Waals surface area (Å²) >= 11 is 0. The van der Waals surface area contributed by atoms with Crippen molar-refractivity contribution in [1.82, 2.24) is 9.88 Å². The van der Waals surface area contributed by atoms with Crippen LogP contribution in [-0.4, -0.2) is 57.3 Å². The standard InChI is InChI=1S/C18H18N2O5/c1-11-5-6-13(8-19-11)17(22)20-9-15(21)16(10-20)25-14-4-2-3-12(7-14)18(23)24/h2-8,15-16,21H,9-10H2,1H3,(H,23,24)/t15-,16-/m1/s1. The number of pyridine rings is 1. The van der Waals surface area contributed by atoms with Gasteiger partial charge in [0.15, 0.2) is 0 Å².